The second-order valence-corrected chi connectivity index (χ2v) is 9.59. The first-order valence-electron chi connectivity index (χ1n) is 11.0. The molecule has 3 aromatic rings. The third-order valence-electron chi connectivity index (χ3n) is 7.20. The molecule has 5 rings (SSSR count). The van der Waals surface area contributed by atoms with Crippen molar-refractivity contribution in [2.24, 2.45) is 5.92 Å². The van der Waals surface area contributed by atoms with Crippen LogP contribution in [0.25, 0.3) is 22.6 Å². The highest BCUT2D eigenvalue weighted by molar-refractivity contribution is 5.67. The molecule has 0 spiro atoms. The van der Waals surface area contributed by atoms with Crippen molar-refractivity contribution < 1.29 is 18.6 Å². The average Bonchev–Trinajstić information content (AvgIpc) is 3.37. The molecule has 1 unspecified atom stereocenters. The van der Waals surface area contributed by atoms with Crippen molar-refractivity contribution >= 4 is 5.57 Å². The van der Waals surface area contributed by atoms with Crippen molar-refractivity contribution in [3.05, 3.63) is 55.4 Å². The summed E-state index contributed by atoms with van der Waals surface area (Å²) in [4.78, 5) is 8.37. The Balaban J connectivity index is 1.41. The largest absolute Gasteiger partial charge is 0.507 e. The van der Waals surface area contributed by atoms with Gasteiger partial charge < -0.3 is 14.4 Å². The van der Waals surface area contributed by atoms with Crippen LogP contribution in [0.4, 0.5) is 8.78 Å². The molecule has 10 heteroatoms. The molecule has 2 aromatic heterocycles. The summed E-state index contributed by atoms with van der Waals surface area (Å²) in [6.07, 6.45) is 5.87. The number of imidazole rings is 1. The Morgan fingerprint density at radius 2 is 2.09 bits per heavy atom. The summed E-state index contributed by atoms with van der Waals surface area (Å²) in [5.41, 5.74) is -0.155. The molecule has 0 amide bonds. The number of hydrogen-bond acceptors (Lipinski definition) is 7. The third kappa shape index (κ3) is 3.40. The van der Waals surface area contributed by atoms with Gasteiger partial charge >= 0.3 is 0 Å². The van der Waals surface area contributed by atoms with Gasteiger partial charge in [0.05, 0.1) is 35.4 Å². The number of hydrogen-bond donors (Lipinski definition) is 2. The molecule has 0 saturated carbocycles. The third-order valence-corrected chi connectivity index (χ3v) is 7.20. The van der Waals surface area contributed by atoms with Gasteiger partial charge in [0.25, 0.3) is 5.92 Å². The minimum atomic E-state index is -2.87. The van der Waals surface area contributed by atoms with Crippen LogP contribution in [0.2, 0.25) is 0 Å². The Kier molecular flexibility index (Phi) is 5.07. The SMILES string of the molecule is C=C(c1cnc(-c2ccc(-n3ccnc3)cc2O)nn1)C1C[C@@]2(C)N[C@](C)(CC2(F)F)[C@@H]1OC. The van der Waals surface area contributed by atoms with Gasteiger partial charge in [0.15, 0.2) is 5.82 Å². The van der Waals surface area contributed by atoms with Crippen LogP contribution in [0.1, 0.15) is 32.4 Å². The molecule has 2 aliphatic rings. The van der Waals surface area contributed by atoms with Crippen LogP contribution < -0.4 is 5.32 Å². The number of aromatic nitrogens is 5. The number of halogens is 2. The number of phenolic OH excluding ortho intramolecular Hbond substituents is 1. The molecule has 2 aliphatic heterocycles. The van der Waals surface area contributed by atoms with Crippen molar-refractivity contribution in [2.45, 2.75) is 49.8 Å². The molecule has 0 aliphatic carbocycles. The minimum Gasteiger partial charge on any atom is -0.507 e. The van der Waals surface area contributed by atoms with Crippen LogP contribution in [0.15, 0.2) is 49.7 Å². The number of piperidine rings is 1. The van der Waals surface area contributed by atoms with E-state index in [0.29, 0.717) is 16.8 Å². The van der Waals surface area contributed by atoms with Crippen molar-refractivity contribution in [2.75, 3.05) is 7.11 Å². The van der Waals surface area contributed by atoms with Gasteiger partial charge in [-0.05, 0) is 38.0 Å². The second-order valence-electron chi connectivity index (χ2n) is 9.59. The first-order valence-corrected chi connectivity index (χ1v) is 11.0. The maximum atomic E-state index is 14.9. The lowest BCUT2D eigenvalue weighted by Gasteiger charge is -2.47. The Bertz CT molecular complexity index is 1230. The lowest BCUT2D eigenvalue weighted by atomic mass is 9.73. The smallest absolute Gasteiger partial charge is 0.267 e. The van der Waals surface area contributed by atoms with Crippen LogP contribution in [0.5, 0.6) is 5.75 Å². The van der Waals surface area contributed by atoms with Crippen LogP contribution in [0, 0.1) is 5.92 Å². The first-order chi connectivity index (χ1) is 16.1. The van der Waals surface area contributed by atoms with Gasteiger partial charge in [-0.1, -0.05) is 6.58 Å². The van der Waals surface area contributed by atoms with Gasteiger partial charge in [-0.3, -0.25) is 5.32 Å². The molecule has 1 aromatic carbocycles. The Labute approximate surface area is 195 Å². The lowest BCUT2D eigenvalue weighted by Crippen LogP contribution is -2.64. The van der Waals surface area contributed by atoms with E-state index in [4.69, 9.17) is 4.74 Å². The number of aromatic hydroxyl groups is 1. The van der Waals surface area contributed by atoms with Gasteiger partial charge in [-0.25, -0.2) is 18.7 Å². The molecule has 4 heterocycles. The van der Waals surface area contributed by atoms with Crippen LogP contribution in [0.3, 0.4) is 0 Å². The highest BCUT2D eigenvalue weighted by Crippen LogP contribution is 2.55. The molecule has 34 heavy (non-hydrogen) atoms. The van der Waals surface area contributed by atoms with Gasteiger partial charge in [-0.2, -0.15) is 0 Å². The van der Waals surface area contributed by atoms with Crippen molar-refractivity contribution in [1.29, 1.82) is 0 Å². The number of methoxy groups -OCH3 is 1. The molecule has 0 radical (unpaired) electrons. The predicted molar refractivity (Wildman–Crippen MR) is 121 cm³/mol. The van der Waals surface area contributed by atoms with Crippen LogP contribution >= 0.6 is 0 Å². The van der Waals surface area contributed by atoms with Gasteiger partial charge in [-0.15, -0.1) is 10.2 Å². The van der Waals surface area contributed by atoms with E-state index < -0.39 is 23.1 Å². The fraction of sp³-hybridized carbons (Fsp3) is 0.417. The quantitative estimate of drug-likeness (QED) is 0.590. The number of nitrogens with zero attached hydrogens (tertiary/aromatic N) is 5. The molecule has 4 atom stereocenters. The van der Waals surface area contributed by atoms with E-state index in [1.807, 2.05) is 6.07 Å². The number of alkyl halides is 2. The van der Waals surface area contributed by atoms with Gasteiger partial charge in [0.1, 0.15) is 11.4 Å². The van der Waals surface area contributed by atoms with E-state index in [0.717, 1.165) is 5.69 Å². The van der Waals surface area contributed by atoms with Crippen LogP contribution in [-0.4, -0.2) is 60.1 Å². The van der Waals surface area contributed by atoms with E-state index in [-0.39, 0.29) is 30.3 Å². The number of phenols is 1. The van der Waals surface area contributed by atoms with Crippen LogP contribution in [-0.2, 0) is 4.74 Å². The zero-order valence-corrected chi connectivity index (χ0v) is 19.2. The zero-order chi connectivity index (χ0) is 24.3. The average molecular weight is 469 g/mol. The second kappa shape index (κ2) is 7.64. The maximum Gasteiger partial charge on any atom is 0.267 e. The molecule has 2 saturated heterocycles. The summed E-state index contributed by atoms with van der Waals surface area (Å²) in [5, 5.41) is 22.1. The highest BCUT2D eigenvalue weighted by Gasteiger charge is 2.68. The molecule has 2 bridgehead atoms. The Morgan fingerprint density at radius 3 is 2.71 bits per heavy atom. The number of ether oxygens (including phenoxy) is 1. The number of nitrogens with one attached hydrogen (secondary N) is 1. The highest BCUT2D eigenvalue weighted by atomic mass is 19.3. The fourth-order valence-electron chi connectivity index (χ4n) is 5.53. The van der Waals surface area contributed by atoms with Gasteiger partial charge in [0.2, 0.25) is 0 Å². The van der Waals surface area contributed by atoms with Crippen molar-refractivity contribution in [1.82, 2.24) is 30.0 Å². The van der Waals surface area contributed by atoms with Gasteiger partial charge in [0, 0.05) is 43.4 Å². The lowest BCUT2D eigenvalue weighted by molar-refractivity contribution is -0.0653. The molecule has 2 N–H and O–H groups in total. The number of fused-ring (bicyclic) bond motifs is 2. The molecule has 2 fully saturated rings. The summed E-state index contributed by atoms with van der Waals surface area (Å²) < 4.78 is 37.2. The van der Waals surface area contributed by atoms with Crippen molar-refractivity contribution in [3.8, 4) is 22.8 Å². The monoisotopic (exact) mass is 468 g/mol. The molecular weight excluding hydrogens is 442 g/mol. The zero-order valence-electron chi connectivity index (χ0n) is 19.2. The standard InChI is InChI=1S/C24H26F2N6O2/c1-14(17-10-23(3)24(25,26)12-22(2,31-23)20(17)34-4)18-11-28-21(30-29-18)16-6-5-15(9-19(16)33)32-8-7-27-13-32/h5-9,11,13,17,20,31,33H,1,10,12H2,2-4H3/t17?,20-,22-,23-/m1/s1. The number of benzene rings is 1. The minimum absolute atomic E-state index is 0.00275. The Morgan fingerprint density at radius 1 is 1.29 bits per heavy atom. The summed E-state index contributed by atoms with van der Waals surface area (Å²) >= 11 is 0. The van der Waals surface area contributed by atoms with Crippen molar-refractivity contribution in [3.63, 3.8) is 0 Å². The first kappa shape index (κ1) is 22.5. The summed E-state index contributed by atoms with van der Waals surface area (Å²) in [6.45, 7) is 7.48. The summed E-state index contributed by atoms with van der Waals surface area (Å²) in [5.74, 6) is -3.02. The fourth-order valence-corrected chi connectivity index (χ4v) is 5.53. The predicted octanol–water partition coefficient (Wildman–Crippen LogP) is 3.62. The van der Waals surface area contributed by atoms with E-state index >= 15 is 0 Å². The Hall–Kier alpha value is -3.24. The topological polar surface area (TPSA) is 98.0 Å². The van der Waals surface area contributed by atoms with E-state index in [2.05, 4.69) is 32.1 Å². The summed E-state index contributed by atoms with van der Waals surface area (Å²) in [7, 11) is 1.53. The number of rotatable bonds is 5. The van der Waals surface area contributed by atoms with E-state index in [1.165, 1.54) is 13.3 Å². The normalized spacial score (nSPS) is 29.8. The van der Waals surface area contributed by atoms with E-state index in [9.17, 15) is 13.9 Å². The maximum absolute atomic E-state index is 14.9. The summed E-state index contributed by atoms with van der Waals surface area (Å²) in [6, 6.07) is 5.09. The molecule has 178 valence electrons. The molecule has 8 nitrogen and oxygen atoms in total. The van der Waals surface area contributed by atoms with E-state index in [1.54, 1.807) is 49.3 Å². The molecular formula is C24H26F2N6O2.